The van der Waals surface area contributed by atoms with Crippen LogP contribution in [-0.4, -0.2) is 50.3 Å². The molecular weight excluding hydrogens is 424 g/mol. The highest BCUT2D eigenvalue weighted by Gasteiger charge is 2.13. The maximum Gasteiger partial charge on any atom is 0.270 e. The maximum absolute atomic E-state index is 12.2. The van der Waals surface area contributed by atoms with Gasteiger partial charge in [-0.05, 0) is 56.3 Å². The molecule has 1 saturated carbocycles. The molecule has 8 heteroatoms. The lowest BCUT2D eigenvalue weighted by atomic mass is 9.89. The van der Waals surface area contributed by atoms with Crippen molar-refractivity contribution in [1.82, 2.24) is 15.6 Å². The summed E-state index contributed by atoms with van der Waals surface area (Å²) in [5.41, 5.74) is 1.12. The van der Waals surface area contributed by atoms with Crippen molar-refractivity contribution >= 4 is 30.1 Å². The third kappa shape index (κ3) is 7.62. The molecule has 0 bridgehead atoms. The van der Waals surface area contributed by atoms with Gasteiger partial charge in [0.2, 0.25) is 0 Å². The smallest absolute Gasteiger partial charge is 0.270 e. The number of aromatic nitrogens is 1. The lowest BCUT2D eigenvalue weighted by Crippen LogP contribution is -2.27. The summed E-state index contributed by atoms with van der Waals surface area (Å²) >= 11 is 1.69. The number of amides is 1. The molecular formula is C24H32N4O3S. The number of pyridine rings is 1. The highest BCUT2D eigenvalue weighted by molar-refractivity contribution is 7.99. The number of benzene rings is 1. The molecule has 0 atom stereocenters. The molecule has 1 aliphatic rings. The van der Waals surface area contributed by atoms with Crippen molar-refractivity contribution < 1.29 is 14.3 Å². The monoisotopic (exact) mass is 456 g/mol. The Bertz CT molecular complexity index is 887. The van der Waals surface area contributed by atoms with Gasteiger partial charge < -0.3 is 20.1 Å². The second kappa shape index (κ2) is 13.2. The van der Waals surface area contributed by atoms with Crippen LogP contribution in [0.2, 0.25) is 0 Å². The number of aliphatic imine (C=N–C) groups is 1. The number of nitrogens with zero attached hydrogens (tertiary/aromatic N) is 2. The van der Waals surface area contributed by atoms with Crippen LogP contribution in [0.4, 0.5) is 5.69 Å². The van der Waals surface area contributed by atoms with E-state index >= 15 is 0 Å². The first kappa shape index (κ1) is 24.2. The van der Waals surface area contributed by atoms with E-state index in [0.29, 0.717) is 30.3 Å². The Morgan fingerprint density at radius 2 is 2.03 bits per heavy atom. The normalized spacial score (nSPS) is 14.2. The molecule has 1 aromatic heterocycles. The molecule has 172 valence electrons. The van der Waals surface area contributed by atoms with Crippen molar-refractivity contribution in [1.29, 1.82) is 0 Å². The molecule has 1 aliphatic carbocycles. The zero-order valence-electron chi connectivity index (χ0n) is 18.6. The van der Waals surface area contributed by atoms with E-state index in [-0.39, 0.29) is 5.91 Å². The fourth-order valence-electron chi connectivity index (χ4n) is 3.68. The van der Waals surface area contributed by atoms with Crippen molar-refractivity contribution in [3.05, 3.63) is 42.2 Å². The van der Waals surface area contributed by atoms with Gasteiger partial charge in [-0.15, -0.1) is 11.8 Å². The molecule has 1 fully saturated rings. The molecule has 1 aromatic carbocycles. The predicted molar refractivity (Wildman–Crippen MR) is 129 cm³/mol. The molecule has 0 aliphatic heterocycles. The summed E-state index contributed by atoms with van der Waals surface area (Å²) in [4.78, 5) is 21.5. The topological polar surface area (TPSA) is 84.8 Å². The highest BCUT2D eigenvalue weighted by Crippen LogP contribution is 2.34. The molecule has 2 aromatic rings. The van der Waals surface area contributed by atoms with Gasteiger partial charge in [-0.25, -0.2) is 0 Å². The van der Waals surface area contributed by atoms with E-state index in [2.05, 4.69) is 27.3 Å². The Hall–Kier alpha value is -2.42. The molecule has 0 spiro atoms. The van der Waals surface area contributed by atoms with E-state index in [4.69, 9.17) is 9.47 Å². The molecule has 32 heavy (non-hydrogen) atoms. The largest absolute Gasteiger partial charge is 0.457 e. The molecule has 1 amide bonds. The van der Waals surface area contributed by atoms with E-state index in [1.165, 1.54) is 32.1 Å². The summed E-state index contributed by atoms with van der Waals surface area (Å²) in [7, 11) is 1.59. The SMILES string of the molecule is C=Nc1ccc(Oc2ccnc(C(=O)NCCOC)c2)cc1SCNCC1CCCCC1. The molecule has 7 nitrogen and oxygen atoms in total. The average molecular weight is 457 g/mol. The van der Waals surface area contributed by atoms with Crippen LogP contribution in [0.25, 0.3) is 0 Å². The number of hydrogen-bond acceptors (Lipinski definition) is 7. The van der Waals surface area contributed by atoms with Crippen LogP contribution in [0, 0.1) is 5.92 Å². The van der Waals surface area contributed by atoms with E-state index < -0.39 is 0 Å². The van der Waals surface area contributed by atoms with Crippen molar-refractivity contribution in [2.24, 2.45) is 10.9 Å². The number of thioether (sulfide) groups is 1. The van der Waals surface area contributed by atoms with E-state index in [9.17, 15) is 4.79 Å². The number of rotatable bonds is 12. The minimum absolute atomic E-state index is 0.265. The van der Waals surface area contributed by atoms with Crippen LogP contribution >= 0.6 is 11.8 Å². The Kier molecular flexibility index (Phi) is 9.99. The molecule has 0 radical (unpaired) electrons. The Morgan fingerprint density at radius 1 is 1.22 bits per heavy atom. The standard InChI is InChI=1S/C24H32N4O3S/c1-25-21-9-8-19(15-23(21)32-17-26-16-18-6-4-3-5-7-18)31-20-10-11-27-22(14-20)24(29)28-12-13-30-2/h8-11,14-15,18,26H,1,3-7,12-13,16-17H2,2H3,(H,28,29). The van der Waals surface area contributed by atoms with Gasteiger partial charge in [-0.3, -0.25) is 14.8 Å². The zero-order valence-corrected chi connectivity index (χ0v) is 19.5. The van der Waals surface area contributed by atoms with Gasteiger partial charge in [0.1, 0.15) is 17.2 Å². The molecule has 1 heterocycles. The lowest BCUT2D eigenvalue weighted by molar-refractivity contribution is 0.0932. The first-order valence-electron chi connectivity index (χ1n) is 11.0. The minimum Gasteiger partial charge on any atom is -0.457 e. The van der Waals surface area contributed by atoms with Crippen molar-refractivity contribution in [2.45, 2.75) is 37.0 Å². The van der Waals surface area contributed by atoms with Crippen molar-refractivity contribution in [3.8, 4) is 11.5 Å². The van der Waals surface area contributed by atoms with Crippen LogP contribution in [0.1, 0.15) is 42.6 Å². The van der Waals surface area contributed by atoms with E-state index in [1.807, 2.05) is 18.2 Å². The Balaban J connectivity index is 1.57. The minimum atomic E-state index is -0.265. The Labute approximate surface area is 194 Å². The third-order valence-corrected chi connectivity index (χ3v) is 6.37. The van der Waals surface area contributed by atoms with E-state index in [0.717, 1.165) is 28.9 Å². The van der Waals surface area contributed by atoms with Gasteiger partial charge in [0.25, 0.3) is 5.91 Å². The zero-order chi connectivity index (χ0) is 22.6. The van der Waals surface area contributed by atoms with Gasteiger partial charge in [0.15, 0.2) is 0 Å². The summed E-state index contributed by atoms with van der Waals surface area (Å²) in [6.45, 7) is 5.61. The number of methoxy groups -OCH3 is 1. The summed E-state index contributed by atoms with van der Waals surface area (Å²) in [6, 6.07) is 9.05. The molecule has 0 unspecified atom stereocenters. The molecule has 3 rings (SSSR count). The maximum atomic E-state index is 12.2. The van der Waals surface area contributed by atoms with Gasteiger partial charge in [-0.2, -0.15) is 0 Å². The highest BCUT2D eigenvalue weighted by atomic mass is 32.2. The van der Waals surface area contributed by atoms with E-state index in [1.54, 1.807) is 37.2 Å². The quantitative estimate of drug-likeness (QED) is 0.207. The second-order valence-corrected chi connectivity index (χ2v) is 8.78. The van der Waals surface area contributed by atoms with Crippen molar-refractivity contribution in [2.75, 3.05) is 32.7 Å². The second-order valence-electron chi connectivity index (χ2n) is 7.76. The molecule has 0 saturated heterocycles. The van der Waals surface area contributed by atoms with Crippen LogP contribution in [0.15, 0.2) is 46.4 Å². The first-order valence-corrected chi connectivity index (χ1v) is 12.0. The predicted octanol–water partition coefficient (Wildman–Crippen LogP) is 4.80. The number of nitrogens with one attached hydrogen (secondary N) is 2. The van der Waals surface area contributed by atoms with Crippen LogP contribution < -0.4 is 15.4 Å². The van der Waals surface area contributed by atoms with Gasteiger partial charge in [0.05, 0.1) is 12.3 Å². The van der Waals surface area contributed by atoms with Crippen LogP contribution in [-0.2, 0) is 4.74 Å². The number of ether oxygens (including phenoxy) is 2. The van der Waals surface area contributed by atoms with Gasteiger partial charge in [0, 0.05) is 36.7 Å². The number of carbonyl (C=O) groups excluding carboxylic acids is 1. The molecule has 2 N–H and O–H groups in total. The number of carbonyl (C=O) groups is 1. The summed E-state index contributed by atoms with van der Waals surface area (Å²) in [6.07, 6.45) is 8.32. The van der Waals surface area contributed by atoms with Crippen molar-refractivity contribution in [3.63, 3.8) is 0 Å². The van der Waals surface area contributed by atoms with Gasteiger partial charge >= 0.3 is 0 Å². The van der Waals surface area contributed by atoms with Gasteiger partial charge in [-0.1, -0.05) is 19.3 Å². The third-order valence-electron chi connectivity index (χ3n) is 5.38. The fraction of sp³-hybridized carbons (Fsp3) is 0.458. The van der Waals surface area contributed by atoms with Crippen LogP contribution in [0.3, 0.4) is 0 Å². The lowest BCUT2D eigenvalue weighted by Gasteiger charge is -2.21. The summed E-state index contributed by atoms with van der Waals surface area (Å²) in [5.74, 6) is 2.55. The Morgan fingerprint density at radius 3 is 2.81 bits per heavy atom. The van der Waals surface area contributed by atoms with Crippen LogP contribution in [0.5, 0.6) is 11.5 Å². The summed E-state index contributed by atoms with van der Waals surface area (Å²) < 4.78 is 10.9. The fourth-order valence-corrected chi connectivity index (χ4v) is 4.53. The number of hydrogen-bond donors (Lipinski definition) is 2. The average Bonchev–Trinajstić information content (AvgIpc) is 2.83. The first-order chi connectivity index (χ1) is 15.7. The summed E-state index contributed by atoms with van der Waals surface area (Å²) in [5, 5.41) is 6.32.